The number of H-pyrrole nitrogens is 1. The third-order valence-electron chi connectivity index (χ3n) is 2.43. The maximum atomic E-state index is 3.50. The zero-order valence-electron chi connectivity index (χ0n) is 8.97. The van der Waals surface area contributed by atoms with Gasteiger partial charge in [-0.1, -0.05) is 29.8 Å². The van der Waals surface area contributed by atoms with Crippen LogP contribution in [0.4, 0.5) is 0 Å². The van der Waals surface area contributed by atoms with Crippen LogP contribution >= 0.6 is 15.9 Å². The van der Waals surface area contributed by atoms with Crippen molar-refractivity contribution >= 4 is 26.8 Å². The highest BCUT2D eigenvalue weighted by Crippen LogP contribution is 2.22. The molecule has 15 heavy (non-hydrogen) atoms. The van der Waals surface area contributed by atoms with Gasteiger partial charge in [-0.15, -0.1) is 0 Å². The number of nitrogens with one attached hydrogen (secondary N) is 2. The second kappa shape index (κ2) is 4.37. The SMILES string of the molecule is CC(C)NCc1c[nH]c2ccc(Br)cc12. The summed E-state index contributed by atoms with van der Waals surface area (Å²) in [7, 11) is 0. The summed E-state index contributed by atoms with van der Waals surface area (Å²) in [6, 6.07) is 6.82. The van der Waals surface area contributed by atoms with E-state index in [0.717, 1.165) is 11.0 Å². The Kier molecular flexibility index (Phi) is 3.12. The predicted octanol–water partition coefficient (Wildman–Crippen LogP) is 3.43. The molecule has 1 aromatic heterocycles. The van der Waals surface area contributed by atoms with E-state index in [9.17, 15) is 0 Å². The molecule has 80 valence electrons. The molecule has 0 spiro atoms. The Morgan fingerprint density at radius 1 is 1.40 bits per heavy atom. The highest BCUT2D eigenvalue weighted by Gasteiger charge is 2.04. The maximum absolute atomic E-state index is 3.50. The van der Waals surface area contributed by atoms with Gasteiger partial charge in [-0.3, -0.25) is 0 Å². The smallest absolute Gasteiger partial charge is 0.0458 e. The number of fused-ring (bicyclic) bond motifs is 1. The van der Waals surface area contributed by atoms with Crippen molar-refractivity contribution in [2.75, 3.05) is 0 Å². The number of rotatable bonds is 3. The summed E-state index contributed by atoms with van der Waals surface area (Å²) in [6.45, 7) is 5.23. The van der Waals surface area contributed by atoms with Crippen molar-refractivity contribution in [1.82, 2.24) is 10.3 Å². The molecule has 3 heteroatoms. The van der Waals surface area contributed by atoms with E-state index in [1.54, 1.807) is 0 Å². The molecule has 0 aliphatic heterocycles. The zero-order chi connectivity index (χ0) is 10.8. The van der Waals surface area contributed by atoms with Crippen molar-refractivity contribution in [3.63, 3.8) is 0 Å². The van der Waals surface area contributed by atoms with Gasteiger partial charge in [-0.05, 0) is 23.8 Å². The standard InChI is InChI=1S/C12H15BrN2/c1-8(2)14-6-9-7-15-12-4-3-10(13)5-11(9)12/h3-5,7-8,14-15H,6H2,1-2H3. The molecular formula is C12H15BrN2. The quantitative estimate of drug-likeness (QED) is 0.876. The molecule has 2 nitrogen and oxygen atoms in total. The lowest BCUT2D eigenvalue weighted by Gasteiger charge is -2.06. The van der Waals surface area contributed by atoms with E-state index in [1.165, 1.54) is 16.5 Å². The van der Waals surface area contributed by atoms with Crippen LogP contribution < -0.4 is 5.32 Å². The molecule has 0 unspecified atom stereocenters. The fraction of sp³-hybridized carbons (Fsp3) is 0.333. The lowest BCUT2D eigenvalue weighted by atomic mass is 10.2. The van der Waals surface area contributed by atoms with E-state index < -0.39 is 0 Å². The first-order valence-electron chi connectivity index (χ1n) is 5.15. The van der Waals surface area contributed by atoms with Crippen molar-refractivity contribution < 1.29 is 0 Å². The second-order valence-corrected chi connectivity index (χ2v) is 4.96. The van der Waals surface area contributed by atoms with Crippen molar-refractivity contribution in [2.24, 2.45) is 0 Å². The third kappa shape index (κ3) is 2.41. The molecular weight excluding hydrogens is 252 g/mol. The van der Waals surface area contributed by atoms with Crippen LogP contribution in [0.3, 0.4) is 0 Å². The molecule has 0 radical (unpaired) electrons. The lowest BCUT2D eigenvalue weighted by Crippen LogP contribution is -2.21. The molecule has 1 heterocycles. The van der Waals surface area contributed by atoms with Gasteiger partial charge in [0.05, 0.1) is 0 Å². The third-order valence-corrected chi connectivity index (χ3v) is 2.92. The molecule has 2 N–H and O–H groups in total. The predicted molar refractivity (Wildman–Crippen MR) is 68.0 cm³/mol. The number of aromatic amines is 1. The Bertz CT molecular complexity index is 460. The number of halogens is 1. The van der Waals surface area contributed by atoms with E-state index >= 15 is 0 Å². The van der Waals surface area contributed by atoms with Crippen molar-refractivity contribution in [3.05, 3.63) is 34.4 Å². The van der Waals surface area contributed by atoms with E-state index in [-0.39, 0.29) is 0 Å². The summed E-state index contributed by atoms with van der Waals surface area (Å²) in [5.74, 6) is 0. The van der Waals surface area contributed by atoms with Gasteiger partial charge in [0.25, 0.3) is 0 Å². The van der Waals surface area contributed by atoms with E-state index in [0.29, 0.717) is 6.04 Å². The topological polar surface area (TPSA) is 27.8 Å². The number of hydrogen-bond acceptors (Lipinski definition) is 1. The molecule has 1 aromatic carbocycles. The minimum Gasteiger partial charge on any atom is -0.361 e. The van der Waals surface area contributed by atoms with Gasteiger partial charge in [0.15, 0.2) is 0 Å². The molecule has 0 saturated heterocycles. The monoisotopic (exact) mass is 266 g/mol. The van der Waals surface area contributed by atoms with Crippen LogP contribution in [0.25, 0.3) is 10.9 Å². The molecule has 0 amide bonds. The molecule has 0 fully saturated rings. The first-order chi connectivity index (χ1) is 7.16. The first kappa shape index (κ1) is 10.7. The largest absolute Gasteiger partial charge is 0.361 e. The molecule has 0 bridgehead atoms. The molecule has 0 atom stereocenters. The zero-order valence-corrected chi connectivity index (χ0v) is 10.6. The Morgan fingerprint density at radius 2 is 2.20 bits per heavy atom. The average molecular weight is 267 g/mol. The van der Waals surface area contributed by atoms with Crippen LogP contribution in [-0.2, 0) is 6.54 Å². The van der Waals surface area contributed by atoms with Crippen LogP contribution in [0.5, 0.6) is 0 Å². The summed E-state index contributed by atoms with van der Waals surface area (Å²) in [5.41, 5.74) is 2.51. The first-order valence-corrected chi connectivity index (χ1v) is 5.95. The van der Waals surface area contributed by atoms with Gasteiger partial charge >= 0.3 is 0 Å². The lowest BCUT2D eigenvalue weighted by molar-refractivity contribution is 0.590. The van der Waals surface area contributed by atoms with Crippen molar-refractivity contribution in [1.29, 1.82) is 0 Å². The maximum Gasteiger partial charge on any atom is 0.0458 e. The van der Waals surface area contributed by atoms with Gasteiger partial charge in [0.1, 0.15) is 0 Å². The Balaban J connectivity index is 2.31. The average Bonchev–Trinajstić information content (AvgIpc) is 2.57. The van der Waals surface area contributed by atoms with Crippen LogP contribution in [0.1, 0.15) is 19.4 Å². The van der Waals surface area contributed by atoms with Gasteiger partial charge in [-0.2, -0.15) is 0 Å². The van der Waals surface area contributed by atoms with Crippen LogP contribution in [0.15, 0.2) is 28.9 Å². The van der Waals surface area contributed by atoms with Crippen LogP contribution in [0, 0.1) is 0 Å². The number of benzene rings is 1. The van der Waals surface area contributed by atoms with E-state index in [4.69, 9.17) is 0 Å². The summed E-state index contributed by atoms with van der Waals surface area (Å²) in [6.07, 6.45) is 2.08. The Hall–Kier alpha value is -0.800. The van der Waals surface area contributed by atoms with Crippen molar-refractivity contribution in [3.8, 4) is 0 Å². The van der Waals surface area contributed by atoms with Crippen molar-refractivity contribution in [2.45, 2.75) is 26.4 Å². The fourth-order valence-corrected chi connectivity index (χ4v) is 1.97. The molecule has 2 aromatic rings. The minimum absolute atomic E-state index is 0.516. The normalized spacial score (nSPS) is 11.5. The summed E-state index contributed by atoms with van der Waals surface area (Å²) >= 11 is 3.50. The number of aromatic nitrogens is 1. The van der Waals surface area contributed by atoms with Gasteiger partial charge in [-0.25, -0.2) is 0 Å². The van der Waals surface area contributed by atoms with Crippen LogP contribution in [-0.4, -0.2) is 11.0 Å². The molecule has 0 aliphatic carbocycles. The highest BCUT2D eigenvalue weighted by atomic mass is 79.9. The molecule has 0 saturated carbocycles. The summed E-state index contributed by atoms with van der Waals surface area (Å²) in [4.78, 5) is 3.28. The van der Waals surface area contributed by atoms with E-state index in [2.05, 4.69) is 64.5 Å². The van der Waals surface area contributed by atoms with Crippen LogP contribution in [0.2, 0.25) is 0 Å². The Labute approximate surface area is 98.2 Å². The van der Waals surface area contributed by atoms with Gasteiger partial charge < -0.3 is 10.3 Å². The number of hydrogen-bond donors (Lipinski definition) is 2. The summed E-state index contributed by atoms with van der Waals surface area (Å²) < 4.78 is 1.13. The molecule has 2 rings (SSSR count). The minimum atomic E-state index is 0.516. The second-order valence-electron chi connectivity index (χ2n) is 4.04. The fourth-order valence-electron chi connectivity index (χ4n) is 1.61. The van der Waals surface area contributed by atoms with Gasteiger partial charge in [0.2, 0.25) is 0 Å². The van der Waals surface area contributed by atoms with E-state index in [1.807, 2.05) is 0 Å². The highest BCUT2D eigenvalue weighted by molar-refractivity contribution is 9.10. The molecule has 0 aliphatic rings. The van der Waals surface area contributed by atoms with Gasteiger partial charge in [0, 0.05) is 34.2 Å². The Morgan fingerprint density at radius 3 is 2.93 bits per heavy atom. The summed E-state index contributed by atoms with van der Waals surface area (Å²) in [5, 5.41) is 4.71.